The average Bonchev–Trinajstić information content (AvgIpc) is 2.53. The number of nitrogens with zero attached hydrogens (tertiary/aromatic N) is 2. The zero-order valence-electron chi connectivity index (χ0n) is 12.5. The van der Waals surface area contributed by atoms with Crippen LogP contribution in [0.25, 0.3) is 11.3 Å². The Balaban J connectivity index is 2.28. The Kier molecular flexibility index (Phi) is 5.35. The van der Waals surface area contributed by atoms with Crippen molar-refractivity contribution in [1.82, 2.24) is 15.3 Å². The maximum Gasteiger partial charge on any atom is 0.305 e. The highest BCUT2D eigenvalue weighted by molar-refractivity contribution is 5.95. The van der Waals surface area contributed by atoms with Gasteiger partial charge in [-0.15, -0.1) is 0 Å². The van der Waals surface area contributed by atoms with Crippen molar-refractivity contribution in [2.45, 2.75) is 19.8 Å². The summed E-state index contributed by atoms with van der Waals surface area (Å²) in [5.41, 5.74) is 2.01. The van der Waals surface area contributed by atoms with Crippen molar-refractivity contribution in [2.75, 3.05) is 6.54 Å². The van der Waals surface area contributed by atoms with Gasteiger partial charge in [-0.3, -0.25) is 9.59 Å². The molecule has 0 saturated heterocycles. The van der Waals surface area contributed by atoms with Crippen LogP contribution in [0.4, 0.5) is 4.39 Å². The van der Waals surface area contributed by atoms with Gasteiger partial charge in [0.2, 0.25) is 0 Å². The van der Waals surface area contributed by atoms with E-state index in [4.69, 9.17) is 5.11 Å². The van der Waals surface area contributed by atoms with Crippen LogP contribution in [0.2, 0.25) is 0 Å². The first-order valence-electron chi connectivity index (χ1n) is 7.11. The van der Waals surface area contributed by atoms with E-state index in [0.29, 0.717) is 17.7 Å². The van der Waals surface area contributed by atoms with Crippen LogP contribution in [-0.4, -0.2) is 33.5 Å². The van der Waals surface area contributed by atoms with E-state index in [1.165, 1.54) is 18.5 Å². The molecule has 1 heterocycles. The minimum atomic E-state index is -1.01. The predicted octanol–water partition coefficient (Wildman–Crippen LogP) is 2.05. The maximum absolute atomic E-state index is 13.8. The second kappa shape index (κ2) is 7.44. The van der Waals surface area contributed by atoms with Crippen LogP contribution in [0.15, 0.2) is 30.7 Å². The molecule has 0 fully saturated rings. The van der Waals surface area contributed by atoms with Gasteiger partial charge in [0.25, 0.3) is 5.91 Å². The molecule has 0 spiro atoms. The highest BCUT2D eigenvalue weighted by Gasteiger charge is 2.13. The summed E-state index contributed by atoms with van der Waals surface area (Å²) < 4.78 is 13.8. The van der Waals surface area contributed by atoms with Gasteiger partial charge in [0.05, 0.1) is 12.1 Å². The fourth-order valence-corrected chi connectivity index (χ4v) is 2.12. The van der Waals surface area contributed by atoms with Crippen LogP contribution in [-0.2, 0) is 11.2 Å². The van der Waals surface area contributed by atoms with Crippen molar-refractivity contribution in [1.29, 1.82) is 0 Å². The molecule has 2 rings (SSSR count). The van der Waals surface area contributed by atoms with Gasteiger partial charge in [0.1, 0.15) is 12.1 Å². The van der Waals surface area contributed by atoms with Crippen molar-refractivity contribution in [3.05, 3.63) is 47.7 Å². The smallest absolute Gasteiger partial charge is 0.305 e. The van der Waals surface area contributed by atoms with Crippen LogP contribution in [0.5, 0.6) is 0 Å². The summed E-state index contributed by atoms with van der Waals surface area (Å²) in [4.78, 5) is 30.6. The number of hydrogen-bond donors (Lipinski definition) is 2. The lowest BCUT2D eigenvalue weighted by atomic mass is 10.0. The van der Waals surface area contributed by atoms with Gasteiger partial charge in [0.15, 0.2) is 0 Å². The standard InChI is InChI=1S/C16H16FN3O3/c1-2-10-8-18-9-20-15(10)11-5-12(7-13(17)6-11)16(23)19-4-3-14(21)22/h5-9H,2-4H2,1H3,(H,19,23)(H,21,22). The number of carbonyl (C=O) groups is 2. The van der Waals surface area contributed by atoms with Gasteiger partial charge in [-0.1, -0.05) is 6.92 Å². The van der Waals surface area contributed by atoms with Crippen molar-refractivity contribution < 1.29 is 19.1 Å². The topological polar surface area (TPSA) is 92.2 Å². The van der Waals surface area contributed by atoms with E-state index in [1.807, 2.05) is 6.92 Å². The molecule has 0 unspecified atom stereocenters. The van der Waals surface area contributed by atoms with Crippen LogP contribution < -0.4 is 5.32 Å². The lowest BCUT2D eigenvalue weighted by molar-refractivity contribution is -0.136. The monoisotopic (exact) mass is 317 g/mol. The van der Waals surface area contributed by atoms with Crippen LogP contribution in [0.3, 0.4) is 0 Å². The van der Waals surface area contributed by atoms with E-state index >= 15 is 0 Å². The van der Waals surface area contributed by atoms with Gasteiger partial charge < -0.3 is 10.4 Å². The van der Waals surface area contributed by atoms with E-state index in [0.717, 1.165) is 11.6 Å². The third kappa shape index (κ3) is 4.32. The number of carboxylic acids is 1. The van der Waals surface area contributed by atoms with E-state index in [9.17, 15) is 14.0 Å². The van der Waals surface area contributed by atoms with Crippen molar-refractivity contribution in [3.63, 3.8) is 0 Å². The Morgan fingerprint density at radius 1 is 1.30 bits per heavy atom. The third-order valence-corrected chi connectivity index (χ3v) is 3.23. The molecule has 0 radical (unpaired) electrons. The van der Waals surface area contributed by atoms with Crippen LogP contribution in [0, 0.1) is 5.82 Å². The van der Waals surface area contributed by atoms with Crippen molar-refractivity contribution in [3.8, 4) is 11.3 Å². The SMILES string of the molecule is CCc1cncnc1-c1cc(F)cc(C(=O)NCCC(=O)O)c1. The van der Waals surface area contributed by atoms with E-state index in [-0.39, 0.29) is 18.5 Å². The normalized spacial score (nSPS) is 10.3. The molecule has 1 amide bonds. The number of hydrogen-bond acceptors (Lipinski definition) is 4. The molecule has 0 aliphatic heterocycles. The number of carboxylic acid groups (broad SMARTS) is 1. The molecule has 2 aromatic rings. The number of aromatic nitrogens is 2. The molecule has 1 aromatic heterocycles. The van der Waals surface area contributed by atoms with Gasteiger partial charge >= 0.3 is 5.97 Å². The van der Waals surface area contributed by atoms with Gasteiger partial charge in [-0.25, -0.2) is 14.4 Å². The number of carbonyl (C=O) groups excluding carboxylic acids is 1. The molecule has 6 nitrogen and oxygen atoms in total. The summed E-state index contributed by atoms with van der Waals surface area (Å²) in [6.45, 7) is 1.91. The van der Waals surface area contributed by atoms with E-state index in [2.05, 4.69) is 15.3 Å². The fraction of sp³-hybridized carbons (Fsp3) is 0.250. The Hall–Kier alpha value is -2.83. The van der Waals surface area contributed by atoms with E-state index in [1.54, 1.807) is 6.20 Å². The zero-order valence-corrected chi connectivity index (χ0v) is 12.5. The molecule has 0 aliphatic rings. The van der Waals surface area contributed by atoms with Gasteiger partial charge in [0, 0.05) is 23.9 Å². The van der Waals surface area contributed by atoms with Crippen LogP contribution >= 0.6 is 0 Å². The maximum atomic E-state index is 13.8. The minimum absolute atomic E-state index is 0.0201. The number of nitrogens with one attached hydrogen (secondary N) is 1. The second-order valence-corrected chi connectivity index (χ2v) is 4.88. The van der Waals surface area contributed by atoms with Crippen LogP contribution in [0.1, 0.15) is 29.3 Å². The molecule has 0 bridgehead atoms. The van der Waals surface area contributed by atoms with Crippen molar-refractivity contribution >= 4 is 11.9 Å². The summed E-state index contributed by atoms with van der Waals surface area (Å²) in [7, 11) is 0. The number of rotatable bonds is 6. The summed E-state index contributed by atoms with van der Waals surface area (Å²) in [6, 6.07) is 3.93. The Bertz CT molecular complexity index is 734. The minimum Gasteiger partial charge on any atom is -0.481 e. The first kappa shape index (κ1) is 16.5. The van der Waals surface area contributed by atoms with Gasteiger partial charge in [-0.2, -0.15) is 0 Å². The summed E-state index contributed by atoms with van der Waals surface area (Å²) >= 11 is 0. The highest BCUT2D eigenvalue weighted by Crippen LogP contribution is 2.23. The molecule has 0 saturated carbocycles. The number of amides is 1. The van der Waals surface area contributed by atoms with E-state index < -0.39 is 17.7 Å². The quantitative estimate of drug-likeness (QED) is 0.850. The average molecular weight is 317 g/mol. The Labute approximate surface area is 132 Å². The molecule has 1 aromatic carbocycles. The first-order chi connectivity index (χ1) is 11.0. The lowest BCUT2D eigenvalue weighted by Crippen LogP contribution is -2.26. The number of halogens is 1. The molecular weight excluding hydrogens is 301 g/mol. The van der Waals surface area contributed by atoms with Gasteiger partial charge in [-0.05, 0) is 30.2 Å². The third-order valence-electron chi connectivity index (χ3n) is 3.23. The van der Waals surface area contributed by atoms with Crippen molar-refractivity contribution in [2.24, 2.45) is 0 Å². The molecule has 23 heavy (non-hydrogen) atoms. The molecular formula is C16H16FN3O3. The first-order valence-corrected chi connectivity index (χ1v) is 7.11. The predicted molar refractivity (Wildman–Crippen MR) is 81.4 cm³/mol. The largest absolute Gasteiger partial charge is 0.481 e. The molecule has 0 aliphatic carbocycles. The Morgan fingerprint density at radius 3 is 2.78 bits per heavy atom. The fourth-order valence-electron chi connectivity index (χ4n) is 2.12. The molecule has 120 valence electrons. The Morgan fingerprint density at radius 2 is 2.09 bits per heavy atom. The molecule has 2 N–H and O–H groups in total. The lowest BCUT2D eigenvalue weighted by Gasteiger charge is -2.09. The summed E-state index contributed by atoms with van der Waals surface area (Å²) in [5, 5.41) is 11.0. The second-order valence-electron chi connectivity index (χ2n) is 4.88. The highest BCUT2D eigenvalue weighted by atomic mass is 19.1. The molecule has 7 heteroatoms. The summed E-state index contributed by atoms with van der Waals surface area (Å²) in [6.07, 6.45) is 3.50. The summed E-state index contributed by atoms with van der Waals surface area (Å²) in [5.74, 6) is -2.11. The number of aliphatic carboxylic acids is 1. The number of aryl methyl sites for hydroxylation is 1. The number of benzene rings is 1. The molecule has 0 atom stereocenters. The zero-order chi connectivity index (χ0) is 16.8.